The Morgan fingerprint density at radius 2 is 2.39 bits per heavy atom. The van der Waals surface area contributed by atoms with Crippen molar-refractivity contribution >= 4 is 11.6 Å². The van der Waals surface area contributed by atoms with Crippen LogP contribution in [0.25, 0.3) is 5.82 Å². The van der Waals surface area contributed by atoms with E-state index < -0.39 is 0 Å². The first-order chi connectivity index (χ1) is 8.65. The number of carbonyl (C=O) groups excluding carboxylic acids is 1. The van der Waals surface area contributed by atoms with Gasteiger partial charge in [0.05, 0.1) is 11.3 Å². The van der Waals surface area contributed by atoms with E-state index in [1.54, 1.807) is 12.3 Å². The molecule has 2 aromatic heterocycles. The van der Waals surface area contributed by atoms with Crippen molar-refractivity contribution in [3.63, 3.8) is 0 Å². The summed E-state index contributed by atoms with van der Waals surface area (Å²) in [5.74, 6) is 0.0881. The molecule has 0 saturated carbocycles. The number of carbonyl (C=O) groups is 1. The largest absolute Gasteiger partial charge is 0.396 e. The maximum atomic E-state index is 11.4. The summed E-state index contributed by atoms with van der Waals surface area (Å²) in [5, 5.41) is 15.2. The second-order valence-electron chi connectivity index (χ2n) is 3.47. The van der Waals surface area contributed by atoms with E-state index in [-0.39, 0.29) is 11.6 Å². The molecule has 2 rings (SSSR count). The summed E-state index contributed by atoms with van der Waals surface area (Å²) in [5.41, 5.74) is 6.73. The first kappa shape index (κ1) is 11.6. The standard InChI is InChI=1S/C11H10N6O/c1-14-11(18)9-2-3-17(16-9)10-8(13)4-7(5-12)6-15-10/h2-4,6H,13H2,1H3,(H,14,18). The summed E-state index contributed by atoms with van der Waals surface area (Å²) in [6.45, 7) is 0. The number of hydrogen-bond donors (Lipinski definition) is 2. The highest BCUT2D eigenvalue weighted by molar-refractivity contribution is 5.91. The monoisotopic (exact) mass is 242 g/mol. The van der Waals surface area contributed by atoms with Gasteiger partial charge in [0.1, 0.15) is 6.07 Å². The van der Waals surface area contributed by atoms with Crippen LogP contribution in [0.2, 0.25) is 0 Å². The normalized spacial score (nSPS) is 9.78. The summed E-state index contributed by atoms with van der Waals surface area (Å²) in [6.07, 6.45) is 2.97. The third-order valence-corrected chi connectivity index (χ3v) is 2.29. The number of rotatable bonds is 2. The van der Waals surface area contributed by atoms with Crippen LogP contribution in [0.4, 0.5) is 5.69 Å². The Morgan fingerprint density at radius 3 is 3.00 bits per heavy atom. The molecule has 0 aliphatic rings. The maximum absolute atomic E-state index is 11.4. The average molecular weight is 242 g/mol. The van der Waals surface area contributed by atoms with Crippen LogP contribution in [-0.2, 0) is 0 Å². The maximum Gasteiger partial charge on any atom is 0.271 e. The van der Waals surface area contributed by atoms with E-state index >= 15 is 0 Å². The molecule has 0 aliphatic heterocycles. The van der Waals surface area contributed by atoms with E-state index in [0.717, 1.165) is 0 Å². The number of pyridine rings is 1. The van der Waals surface area contributed by atoms with Gasteiger partial charge in [-0.05, 0) is 12.1 Å². The van der Waals surface area contributed by atoms with Gasteiger partial charge in [-0.3, -0.25) is 4.79 Å². The van der Waals surface area contributed by atoms with E-state index in [0.29, 0.717) is 17.1 Å². The highest BCUT2D eigenvalue weighted by atomic mass is 16.1. The number of amides is 1. The van der Waals surface area contributed by atoms with Gasteiger partial charge in [-0.2, -0.15) is 10.4 Å². The Balaban J connectivity index is 2.41. The molecule has 0 spiro atoms. The smallest absolute Gasteiger partial charge is 0.271 e. The highest BCUT2D eigenvalue weighted by Gasteiger charge is 2.10. The van der Waals surface area contributed by atoms with Crippen molar-refractivity contribution in [1.29, 1.82) is 5.26 Å². The summed E-state index contributed by atoms with van der Waals surface area (Å²) >= 11 is 0. The number of nitrogens with one attached hydrogen (secondary N) is 1. The number of nitrogens with zero attached hydrogens (tertiary/aromatic N) is 4. The minimum atomic E-state index is -0.291. The molecule has 7 nitrogen and oxygen atoms in total. The zero-order valence-corrected chi connectivity index (χ0v) is 9.58. The van der Waals surface area contributed by atoms with Crippen LogP contribution in [0.1, 0.15) is 16.1 Å². The fourth-order valence-electron chi connectivity index (χ4n) is 1.42. The summed E-state index contributed by atoms with van der Waals surface area (Å²) in [7, 11) is 1.52. The van der Waals surface area contributed by atoms with Gasteiger partial charge in [-0.1, -0.05) is 0 Å². The van der Waals surface area contributed by atoms with Crippen LogP contribution in [0.5, 0.6) is 0 Å². The van der Waals surface area contributed by atoms with E-state index in [4.69, 9.17) is 11.0 Å². The first-order valence-electron chi connectivity index (χ1n) is 5.09. The predicted octanol–water partition coefficient (Wildman–Crippen LogP) is 0.0808. The van der Waals surface area contributed by atoms with Crippen LogP contribution in [0.15, 0.2) is 24.5 Å². The molecule has 0 aliphatic carbocycles. The zero-order valence-electron chi connectivity index (χ0n) is 9.58. The molecule has 90 valence electrons. The molecule has 0 unspecified atom stereocenters. The van der Waals surface area contributed by atoms with Crippen molar-refractivity contribution in [2.75, 3.05) is 12.8 Å². The van der Waals surface area contributed by atoms with Gasteiger partial charge < -0.3 is 11.1 Å². The second-order valence-corrected chi connectivity index (χ2v) is 3.47. The quantitative estimate of drug-likeness (QED) is 0.775. The number of nitrogens with two attached hydrogens (primary N) is 1. The predicted molar refractivity (Wildman–Crippen MR) is 63.9 cm³/mol. The summed E-state index contributed by atoms with van der Waals surface area (Å²) < 4.78 is 1.39. The van der Waals surface area contributed by atoms with Crippen molar-refractivity contribution < 1.29 is 4.79 Å². The van der Waals surface area contributed by atoms with Crippen LogP contribution >= 0.6 is 0 Å². The minimum Gasteiger partial charge on any atom is -0.396 e. The lowest BCUT2D eigenvalue weighted by Crippen LogP contribution is -2.18. The lowest BCUT2D eigenvalue weighted by Gasteiger charge is -2.04. The van der Waals surface area contributed by atoms with Crippen molar-refractivity contribution in [3.05, 3.63) is 35.8 Å². The molecule has 3 N–H and O–H groups in total. The molecule has 2 aromatic rings. The molecule has 0 atom stereocenters. The fourth-order valence-corrected chi connectivity index (χ4v) is 1.42. The molecule has 0 aromatic carbocycles. The molecule has 2 heterocycles. The van der Waals surface area contributed by atoms with Crippen molar-refractivity contribution in [3.8, 4) is 11.9 Å². The molecule has 0 saturated heterocycles. The van der Waals surface area contributed by atoms with Gasteiger partial charge in [-0.15, -0.1) is 0 Å². The SMILES string of the molecule is CNC(=O)c1ccn(-c2ncc(C#N)cc2N)n1. The Bertz CT molecular complexity index is 639. The van der Waals surface area contributed by atoms with Crippen molar-refractivity contribution in [2.24, 2.45) is 0 Å². The van der Waals surface area contributed by atoms with Crippen LogP contribution in [0.3, 0.4) is 0 Å². The van der Waals surface area contributed by atoms with Crippen molar-refractivity contribution in [2.45, 2.75) is 0 Å². The Hall–Kier alpha value is -2.88. The molecule has 18 heavy (non-hydrogen) atoms. The number of anilines is 1. The highest BCUT2D eigenvalue weighted by Crippen LogP contribution is 2.15. The molecule has 0 fully saturated rings. The minimum absolute atomic E-state index is 0.267. The third-order valence-electron chi connectivity index (χ3n) is 2.29. The van der Waals surface area contributed by atoms with Gasteiger partial charge in [0.2, 0.25) is 0 Å². The zero-order chi connectivity index (χ0) is 13.1. The lowest BCUT2D eigenvalue weighted by molar-refractivity contribution is 0.0957. The molecule has 0 radical (unpaired) electrons. The molecular weight excluding hydrogens is 232 g/mol. The number of aromatic nitrogens is 3. The summed E-state index contributed by atoms with van der Waals surface area (Å²) in [6, 6.07) is 5.00. The second kappa shape index (κ2) is 4.55. The number of nitrogen functional groups attached to an aromatic ring is 1. The van der Waals surface area contributed by atoms with Crippen molar-refractivity contribution in [1.82, 2.24) is 20.1 Å². The number of hydrogen-bond acceptors (Lipinski definition) is 5. The van der Waals surface area contributed by atoms with Gasteiger partial charge in [0.15, 0.2) is 11.5 Å². The van der Waals surface area contributed by atoms with Crippen LogP contribution in [-0.4, -0.2) is 27.7 Å². The summed E-state index contributed by atoms with van der Waals surface area (Å²) in [4.78, 5) is 15.4. The fraction of sp³-hybridized carbons (Fsp3) is 0.0909. The third kappa shape index (κ3) is 1.99. The van der Waals surface area contributed by atoms with Gasteiger partial charge in [-0.25, -0.2) is 9.67 Å². The Labute approximate surface area is 103 Å². The van der Waals surface area contributed by atoms with E-state index in [1.807, 2.05) is 6.07 Å². The number of nitriles is 1. The average Bonchev–Trinajstić information content (AvgIpc) is 2.87. The molecule has 7 heteroatoms. The Kier molecular flexibility index (Phi) is 2.93. The van der Waals surface area contributed by atoms with Gasteiger partial charge >= 0.3 is 0 Å². The topological polar surface area (TPSA) is 110 Å². The molecule has 1 amide bonds. The van der Waals surface area contributed by atoms with Crippen LogP contribution in [0, 0.1) is 11.3 Å². The van der Waals surface area contributed by atoms with E-state index in [2.05, 4.69) is 15.4 Å². The molecule has 0 bridgehead atoms. The lowest BCUT2D eigenvalue weighted by atomic mass is 10.3. The van der Waals surface area contributed by atoms with E-state index in [9.17, 15) is 4.79 Å². The van der Waals surface area contributed by atoms with E-state index in [1.165, 1.54) is 24.0 Å². The van der Waals surface area contributed by atoms with Gasteiger partial charge in [0, 0.05) is 19.4 Å². The Morgan fingerprint density at radius 1 is 1.61 bits per heavy atom. The first-order valence-corrected chi connectivity index (χ1v) is 5.09. The van der Waals surface area contributed by atoms with Crippen LogP contribution < -0.4 is 11.1 Å². The molecular formula is C11H10N6O. The van der Waals surface area contributed by atoms with Gasteiger partial charge in [0.25, 0.3) is 5.91 Å².